The Morgan fingerprint density at radius 3 is 2.32 bits per heavy atom. The van der Waals surface area contributed by atoms with Crippen molar-refractivity contribution in [3.05, 3.63) is 59.1 Å². The van der Waals surface area contributed by atoms with Gasteiger partial charge in [0.2, 0.25) is 0 Å². The first-order chi connectivity index (χ1) is 10.3. The van der Waals surface area contributed by atoms with E-state index in [9.17, 15) is 13.2 Å². The standard InChI is InChI=1S/C15H15ClN2O3S/c1-18(2)15(19)13-9-8-11(16)10-14(13)17-22(20,21)12-6-4-3-5-7-12/h3-10,17H,1-2H3. The summed E-state index contributed by atoms with van der Waals surface area (Å²) in [6.07, 6.45) is 0. The van der Waals surface area contributed by atoms with Crippen LogP contribution in [-0.2, 0) is 10.0 Å². The highest BCUT2D eigenvalue weighted by Gasteiger charge is 2.19. The van der Waals surface area contributed by atoms with E-state index >= 15 is 0 Å². The molecule has 0 fully saturated rings. The molecule has 0 radical (unpaired) electrons. The molecule has 2 rings (SSSR count). The molecule has 0 heterocycles. The molecule has 0 saturated heterocycles. The van der Waals surface area contributed by atoms with Gasteiger partial charge in [-0.25, -0.2) is 8.42 Å². The third-order valence-electron chi connectivity index (χ3n) is 2.92. The van der Waals surface area contributed by atoms with Crippen molar-refractivity contribution in [2.24, 2.45) is 0 Å². The molecule has 22 heavy (non-hydrogen) atoms. The monoisotopic (exact) mass is 338 g/mol. The zero-order chi connectivity index (χ0) is 16.3. The van der Waals surface area contributed by atoms with Gasteiger partial charge in [-0.15, -0.1) is 0 Å². The molecule has 7 heteroatoms. The smallest absolute Gasteiger partial charge is 0.261 e. The number of nitrogens with zero attached hydrogens (tertiary/aromatic N) is 1. The summed E-state index contributed by atoms with van der Waals surface area (Å²) in [6, 6.07) is 12.4. The molecule has 0 aliphatic heterocycles. The fourth-order valence-electron chi connectivity index (χ4n) is 1.83. The second kappa shape index (κ2) is 6.37. The maximum absolute atomic E-state index is 12.4. The SMILES string of the molecule is CN(C)C(=O)c1ccc(Cl)cc1NS(=O)(=O)c1ccccc1. The number of hydrogen-bond donors (Lipinski definition) is 1. The van der Waals surface area contributed by atoms with Crippen molar-refractivity contribution in [2.75, 3.05) is 18.8 Å². The Bertz CT molecular complexity index is 790. The highest BCUT2D eigenvalue weighted by molar-refractivity contribution is 7.92. The number of benzene rings is 2. The van der Waals surface area contributed by atoms with E-state index in [-0.39, 0.29) is 22.1 Å². The van der Waals surface area contributed by atoms with Gasteiger partial charge in [-0.1, -0.05) is 29.8 Å². The number of nitrogens with one attached hydrogen (secondary N) is 1. The minimum atomic E-state index is -3.79. The lowest BCUT2D eigenvalue weighted by Gasteiger charge is -2.16. The van der Waals surface area contributed by atoms with Gasteiger partial charge in [0, 0.05) is 19.1 Å². The maximum Gasteiger partial charge on any atom is 0.261 e. The number of halogens is 1. The number of anilines is 1. The lowest BCUT2D eigenvalue weighted by atomic mass is 10.1. The lowest BCUT2D eigenvalue weighted by Crippen LogP contribution is -2.24. The molecule has 0 aromatic heterocycles. The Kier molecular flexibility index (Phi) is 4.73. The van der Waals surface area contributed by atoms with E-state index in [1.807, 2.05) is 0 Å². The topological polar surface area (TPSA) is 66.5 Å². The number of amides is 1. The predicted molar refractivity (Wildman–Crippen MR) is 86.7 cm³/mol. The Hall–Kier alpha value is -2.05. The number of hydrogen-bond acceptors (Lipinski definition) is 3. The summed E-state index contributed by atoms with van der Waals surface area (Å²) >= 11 is 5.92. The van der Waals surface area contributed by atoms with E-state index < -0.39 is 10.0 Å². The first-order valence-corrected chi connectivity index (χ1v) is 8.26. The van der Waals surface area contributed by atoms with Crippen LogP contribution in [0.25, 0.3) is 0 Å². The van der Waals surface area contributed by atoms with Crippen LogP contribution in [0, 0.1) is 0 Å². The van der Waals surface area contributed by atoms with Gasteiger partial charge in [-0.05, 0) is 30.3 Å². The summed E-state index contributed by atoms with van der Waals surface area (Å²) in [5, 5.41) is 0.334. The van der Waals surface area contributed by atoms with Gasteiger partial charge < -0.3 is 4.90 Å². The molecule has 0 unspecified atom stereocenters. The quantitative estimate of drug-likeness (QED) is 0.932. The summed E-state index contributed by atoms with van der Waals surface area (Å²) in [6.45, 7) is 0. The normalized spacial score (nSPS) is 11.0. The van der Waals surface area contributed by atoms with Crippen LogP contribution in [0.5, 0.6) is 0 Å². The van der Waals surface area contributed by atoms with Gasteiger partial charge in [0.05, 0.1) is 16.1 Å². The van der Waals surface area contributed by atoms with Crippen LogP contribution in [0.3, 0.4) is 0 Å². The zero-order valence-corrected chi connectivity index (χ0v) is 13.6. The zero-order valence-electron chi connectivity index (χ0n) is 12.1. The van der Waals surface area contributed by atoms with E-state index in [1.54, 1.807) is 38.4 Å². The number of sulfonamides is 1. The van der Waals surface area contributed by atoms with Crippen molar-refractivity contribution < 1.29 is 13.2 Å². The van der Waals surface area contributed by atoms with Crippen molar-refractivity contribution in [3.8, 4) is 0 Å². The molecule has 116 valence electrons. The molecule has 0 atom stereocenters. The van der Waals surface area contributed by atoms with Crippen molar-refractivity contribution in [2.45, 2.75) is 4.90 Å². The molecule has 0 bridgehead atoms. The van der Waals surface area contributed by atoms with Crippen molar-refractivity contribution >= 4 is 33.2 Å². The first-order valence-electron chi connectivity index (χ1n) is 6.40. The van der Waals surface area contributed by atoms with Crippen LogP contribution in [0.4, 0.5) is 5.69 Å². The minimum Gasteiger partial charge on any atom is -0.345 e. The molecular weight excluding hydrogens is 324 g/mol. The van der Waals surface area contributed by atoms with Crippen LogP contribution in [0.1, 0.15) is 10.4 Å². The molecule has 2 aromatic carbocycles. The van der Waals surface area contributed by atoms with Gasteiger partial charge in [0.15, 0.2) is 0 Å². The van der Waals surface area contributed by atoms with Crippen molar-refractivity contribution in [3.63, 3.8) is 0 Å². The van der Waals surface area contributed by atoms with E-state index in [4.69, 9.17) is 11.6 Å². The predicted octanol–water partition coefficient (Wildman–Crippen LogP) is 2.84. The largest absolute Gasteiger partial charge is 0.345 e. The molecule has 0 aliphatic carbocycles. The van der Waals surface area contributed by atoms with Crippen LogP contribution < -0.4 is 4.72 Å². The van der Waals surface area contributed by atoms with Gasteiger partial charge in [0.1, 0.15) is 0 Å². The summed E-state index contributed by atoms with van der Waals surface area (Å²) in [5.74, 6) is -0.317. The summed E-state index contributed by atoms with van der Waals surface area (Å²) in [7, 11) is -0.612. The van der Waals surface area contributed by atoms with Crippen LogP contribution in [0.15, 0.2) is 53.4 Å². The lowest BCUT2D eigenvalue weighted by molar-refractivity contribution is 0.0828. The number of carbonyl (C=O) groups excluding carboxylic acids is 1. The third kappa shape index (κ3) is 3.58. The van der Waals surface area contributed by atoms with E-state index in [0.717, 1.165) is 0 Å². The summed E-state index contributed by atoms with van der Waals surface area (Å²) < 4.78 is 27.2. The molecule has 0 saturated carbocycles. The van der Waals surface area contributed by atoms with Crippen LogP contribution >= 0.6 is 11.6 Å². The molecule has 0 aliphatic rings. The maximum atomic E-state index is 12.4. The van der Waals surface area contributed by atoms with Gasteiger partial charge in [-0.2, -0.15) is 0 Å². The second-order valence-electron chi connectivity index (χ2n) is 4.81. The number of rotatable bonds is 4. The highest BCUT2D eigenvalue weighted by atomic mass is 35.5. The number of carbonyl (C=O) groups is 1. The van der Waals surface area contributed by atoms with Crippen molar-refractivity contribution in [1.29, 1.82) is 0 Å². The average Bonchev–Trinajstić information content (AvgIpc) is 2.47. The fraction of sp³-hybridized carbons (Fsp3) is 0.133. The molecule has 1 amide bonds. The highest BCUT2D eigenvalue weighted by Crippen LogP contribution is 2.25. The summed E-state index contributed by atoms with van der Waals surface area (Å²) in [5.41, 5.74) is 0.379. The Balaban J connectivity index is 2.45. The van der Waals surface area contributed by atoms with Gasteiger partial charge in [-0.3, -0.25) is 9.52 Å². The molecule has 5 nitrogen and oxygen atoms in total. The first kappa shape index (κ1) is 16.3. The van der Waals surface area contributed by atoms with E-state index in [1.165, 1.54) is 29.2 Å². The van der Waals surface area contributed by atoms with Crippen LogP contribution in [-0.4, -0.2) is 33.3 Å². The Labute approximate surface area is 134 Å². The van der Waals surface area contributed by atoms with Crippen LogP contribution in [0.2, 0.25) is 5.02 Å². The van der Waals surface area contributed by atoms with E-state index in [0.29, 0.717) is 5.02 Å². The van der Waals surface area contributed by atoms with E-state index in [2.05, 4.69) is 4.72 Å². The van der Waals surface area contributed by atoms with Crippen molar-refractivity contribution in [1.82, 2.24) is 4.90 Å². The molecule has 2 aromatic rings. The molecular formula is C15H15ClN2O3S. The average molecular weight is 339 g/mol. The summed E-state index contributed by atoms with van der Waals surface area (Å²) in [4.78, 5) is 13.6. The Morgan fingerprint density at radius 1 is 1.09 bits per heavy atom. The fourth-order valence-corrected chi connectivity index (χ4v) is 3.10. The molecule has 1 N–H and O–H groups in total. The third-order valence-corrected chi connectivity index (χ3v) is 4.53. The minimum absolute atomic E-state index is 0.109. The van der Waals surface area contributed by atoms with Gasteiger partial charge >= 0.3 is 0 Å². The van der Waals surface area contributed by atoms with Gasteiger partial charge in [0.25, 0.3) is 15.9 Å². The molecule has 0 spiro atoms. The second-order valence-corrected chi connectivity index (χ2v) is 6.93. The Morgan fingerprint density at radius 2 is 1.73 bits per heavy atom.